The molecule has 0 radical (unpaired) electrons. The van der Waals surface area contributed by atoms with E-state index in [1.165, 1.54) is 30.0 Å². The Morgan fingerprint density at radius 2 is 1.71 bits per heavy atom. The monoisotopic (exact) mass is 385 g/mol. The predicted molar refractivity (Wildman–Crippen MR) is 105 cm³/mol. The zero-order valence-electron chi connectivity index (χ0n) is 16.4. The molecule has 2 aromatic rings. The lowest BCUT2D eigenvalue weighted by Crippen LogP contribution is -2.37. The maximum Gasteiger partial charge on any atom is 0.330 e. The van der Waals surface area contributed by atoms with Gasteiger partial charge in [-0.2, -0.15) is 0 Å². The molecule has 0 unspecified atom stereocenters. The Hall–Kier alpha value is -3.29. The average Bonchev–Trinajstić information content (AvgIpc) is 2.71. The molecule has 0 atom stereocenters. The van der Waals surface area contributed by atoms with Crippen molar-refractivity contribution in [3.63, 3.8) is 0 Å². The zero-order chi connectivity index (χ0) is 20.4. The molecule has 148 valence electrons. The highest BCUT2D eigenvalue weighted by molar-refractivity contribution is 5.91. The second kappa shape index (κ2) is 7.75. The summed E-state index contributed by atoms with van der Waals surface area (Å²) in [4.78, 5) is 38.2. The first-order valence-electron chi connectivity index (χ1n) is 8.83. The van der Waals surface area contributed by atoms with Gasteiger partial charge < -0.3 is 18.9 Å². The number of amides is 1. The smallest absolute Gasteiger partial charge is 0.330 e. The van der Waals surface area contributed by atoms with Crippen LogP contribution in [-0.4, -0.2) is 40.7 Å². The summed E-state index contributed by atoms with van der Waals surface area (Å²) in [5, 5.41) is 0. The molecule has 0 aliphatic carbocycles. The van der Waals surface area contributed by atoms with E-state index in [2.05, 4.69) is 0 Å². The number of ether oxygens (including phenoxy) is 2. The third-order valence-corrected chi connectivity index (χ3v) is 4.91. The number of benzene rings is 1. The van der Waals surface area contributed by atoms with Crippen molar-refractivity contribution in [1.29, 1.82) is 0 Å². The zero-order valence-corrected chi connectivity index (χ0v) is 16.4. The Kier molecular flexibility index (Phi) is 5.39. The molecule has 0 N–H and O–H groups in total. The minimum Gasteiger partial charge on any atom is -0.493 e. The number of carbonyl (C=O) groups is 1. The fourth-order valence-electron chi connectivity index (χ4n) is 3.29. The summed E-state index contributed by atoms with van der Waals surface area (Å²) in [6.07, 6.45) is 4.95. The van der Waals surface area contributed by atoms with Crippen LogP contribution >= 0.6 is 0 Å². The molecule has 0 bridgehead atoms. The van der Waals surface area contributed by atoms with Gasteiger partial charge >= 0.3 is 5.69 Å². The molecule has 0 saturated carbocycles. The number of fused-ring (bicyclic) bond motifs is 1. The minimum absolute atomic E-state index is 0.198. The molecule has 1 aromatic carbocycles. The van der Waals surface area contributed by atoms with Crippen LogP contribution in [0.2, 0.25) is 0 Å². The van der Waals surface area contributed by atoms with Crippen LogP contribution in [0.4, 0.5) is 0 Å². The van der Waals surface area contributed by atoms with Crippen LogP contribution in [0.1, 0.15) is 16.7 Å². The number of aromatic nitrogens is 2. The molecule has 0 fully saturated rings. The maximum absolute atomic E-state index is 12.6. The lowest BCUT2D eigenvalue weighted by atomic mass is 9.98. The average molecular weight is 385 g/mol. The fraction of sp³-hybridized carbons (Fsp3) is 0.350. The quantitative estimate of drug-likeness (QED) is 0.724. The Morgan fingerprint density at radius 3 is 2.36 bits per heavy atom. The first-order chi connectivity index (χ1) is 13.3. The van der Waals surface area contributed by atoms with Crippen molar-refractivity contribution in [2.45, 2.75) is 13.0 Å². The van der Waals surface area contributed by atoms with E-state index in [1.54, 1.807) is 26.2 Å². The van der Waals surface area contributed by atoms with Crippen molar-refractivity contribution in [1.82, 2.24) is 14.0 Å². The van der Waals surface area contributed by atoms with Crippen LogP contribution < -0.4 is 20.7 Å². The van der Waals surface area contributed by atoms with Gasteiger partial charge in [-0.1, -0.05) is 0 Å². The van der Waals surface area contributed by atoms with Gasteiger partial charge in [-0.15, -0.1) is 0 Å². The lowest BCUT2D eigenvalue weighted by molar-refractivity contribution is -0.126. The lowest BCUT2D eigenvalue weighted by Gasteiger charge is -2.28. The third-order valence-electron chi connectivity index (χ3n) is 4.91. The number of hydrogen-bond donors (Lipinski definition) is 0. The van der Waals surface area contributed by atoms with Gasteiger partial charge in [-0.25, -0.2) is 4.79 Å². The van der Waals surface area contributed by atoms with Gasteiger partial charge in [0.2, 0.25) is 5.91 Å². The molecule has 1 aliphatic rings. The number of nitrogens with zero attached hydrogens (tertiary/aromatic N) is 3. The summed E-state index contributed by atoms with van der Waals surface area (Å²) in [5.41, 5.74) is 1.56. The first-order valence-corrected chi connectivity index (χ1v) is 8.83. The van der Waals surface area contributed by atoms with E-state index < -0.39 is 11.2 Å². The molecule has 28 heavy (non-hydrogen) atoms. The molecule has 1 aromatic heterocycles. The van der Waals surface area contributed by atoms with Crippen LogP contribution in [0.3, 0.4) is 0 Å². The summed E-state index contributed by atoms with van der Waals surface area (Å²) in [7, 11) is 6.14. The largest absolute Gasteiger partial charge is 0.493 e. The summed E-state index contributed by atoms with van der Waals surface area (Å²) < 4.78 is 13.0. The molecule has 8 heteroatoms. The molecule has 3 rings (SSSR count). The summed E-state index contributed by atoms with van der Waals surface area (Å²) in [6, 6.07) is 3.83. The molecule has 1 amide bonds. The van der Waals surface area contributed by atoms with Crippen LogP contribution in [-0.2, 0) is 31.9 Å². The molecular weight excluding hydrogens is 362 g/mol. The second-order valence-electron chi connectivity index (χ2n) is 6.66. The van der Waals surface area contributed by atoms with E-state index >= 15 is 0 Å². The highest BCUT2D eigenvalue weighted by atomic mass is 16.5. The summed E-state index contributed by atoms with van der Waals surface area (Å²) in [6.45, 7) is 1.01. The molecule has 1 aliphatic heterocycles. The molecule has 0 spiro atoms. The van der Waals surface area contributed by atoms with Crippen molar-refractivity contribution in [3.05, 3.63) is 61.9 Å². The Bertz CT molecular complexity index is 1060. The number of carbonyl (C=O) groups excluding carboxylic acids is 1. The van der Waals surface area contributed by atoms with Crippen LogP contribution in [0, 0.1) is 0 Å². The van der Waals surface area contributed by atoms with Crippen molar-refractivity contribution < 1.29 is 14.3 Å². The Balaban J connectivity index is 1.81. The van der Waals surface area contributed by atoms with Crippen molar-refractivity contribution in [2.75, 3.05) is 20.8 Å². The van der Waals surface area contributed by atoms with Gasteiger partial charge in [0.1, 0.15) is 0 Å². The van der Waals surface area contributed by atoms with E-state index in [-0.39, 0.29) is 11.5 Å². The molecule has 8 nitrogen and oxygen atoms in total. The molecule has 0 saturated heterocycles. The highest BCUT2D eigenvalue weighted by Crippen LogP contribution is 2.33. The van der Waals surface area contributed by atoms with Gasteiger partial charge in [0, 0.05) is 39.5 Å². The molecule has 2 heterocycles. The summed E-state index contributed by atoms with van der Waals surface area (Å²) in [5.74, 6) is 1.10. The highest BCUT2D eigenvalue weighted by Gasteiger charge is 2.21. The Morgan fingerprint density at radius 1 is 1.07 bits per heavy atom. The van der Waals surface area contributed by atoms with Crippen LogP contribution in [0.5, 0.6) is 11.5 Å². The molecular formula is C20H23N3O5. The maximum atomic E-state index is 12.6. The van der Waals surface area contributed by atoms with E-state index in [4.69, 9.17) is 9.47 Å². The van der Waals surface area contributed by atoms with Crippen molar-refractivity contribution >= 4 is 12.0 Å². The van der Waals surface area contributed by atoms with Crippen molar-refractivity contribution in [3.8, 4) is 11.5 Å². The number of hydrogen-bond acceptors (Lipinski definition) is 5. The van der Waals surface area contributed by atoms with Crippen LogP contribution in [0.25, 0.3) is 6.08 Å². The van der Waals surface area contributed by atoms with E-state index in [9.17, 15) is 14.4 Å². The second-order valence-corrected chi connectivity index (χ2v) is 6.66. The normalized spacial score (nSPS) is 13.5. The van der Waals surface area contributed by atoms with Crippen LogP contribution in [0.15, 0.2) is 34.0 Å². The van der Waals surface area contributed by atoms with Gasteiger partial charge in [0.25, 0.3) is 5.56 Å². The third kappa shape index (κ3) is 3.58. The van der Waals surface area contributed by atoms with Gasteiger partial charge in [-0.3, -0.25) is 14.2 Å². The number of methoxy groups -OCH3 is 2. The first kappa shape index (κ1) is 19.5. The number of aryl methyl sites for hydroxylation is 1. The van der Waals surface area contributed by atoms with E-state index in [1.807, 2.05) is 12.1 Å². The SMILES string of the molecule is COc1cc2c(cc1OC)CN(C(=O)/C=C/c1cn(C)c(=O)n(C)c1=O)CC2. The van der Waals surface area contributed by atoms with E-state index in [0.717, 1.165) is 15.7 Å². The topological polar surface area (TPSA) is 82.8 Å². The standard InChI is InChI=1S/C20H23N3O5/c1-21-11-14(19(25)22(2)20(21)26)5-6-18(24)23-8-7-13-9-16(27-3)17(28-4)10-15(13)12-23/h5-6,9-11H,7-8,12H2,1-4H3/b6-5+. The van der Waals surface area contributed by atoms with Gasteiger partial charge in [0.05, 0.1) is 19.8 Å². The number of rotatable bonds is 4. The summed E-state index contributed by atoms with van der Waals surface area (Å²) >= 11 is 0. The minimum atomic E-state index is -0.437. The predicted octanol–water partition coefficient (Wildman–Crippen LogP) is 0.699. The fourth-order valence-corrected chi connectivity index (χ4v) is 3.29. The van der Waals surface area contributed by atoms with Crippen molar-refractivity contribution in [2.24, 2.45) is 14.1 Å². The Labute approximate surface area is 162 Å². The van der Waals surface area contributed by atoms with Gasteiger partial charge in [-0.05, 0) is 35.8 Å². The van der Waals surface area contributed by atoms with Gasteiger partial charge in [0.15, 0.2) is 11.5 Å². The van der Waals surface area contributed by atoms with E-state index in [0.29, 0.717) is 31.0 Å².